The average molecular weight is 377 g/mol. The number of anilines is 2. The summed E-state index contributed by atoms with van der Waals surface area (Å²) in [5.74, 6) is -0.777. The fourth-order valence-electron chi connectivity index (χ4n) is 2.58. The second-order valence-corrected chi connectivity index (χ2v) is 6.65. The van der Waals surface area contributed by atoms with Gasteiger partial charge in [0, 0.05) is 23.8 Å². The molecule has 0 aliphatic rings. The van der Waals surface area contributed by atoms with E-state index in [1.165, 1.54) is 48.3 Å². The van der Waals surface area contributed by atoms with Crippen LogP contribution in [0.5, 0.6) is 0 Å². The van der Waals surface area contributed by atoms with E-state index in [-0.39, 0.29) is 22.9 Å². The van der Waals surface area contributed by atoms with E-state index in [1.54, 1.807) is 0 Å². The topological polar surface area (TPSA) is 71.1 Å². The maximum absolute atomic E-state index is 13.0. The molecule has 0 aliphatic heterocycles. The molecule has 0 saturated carbocycles. The van der Waals surface area contributed by atoms with Gasteiger partial charge in [-0.1, -0.05) is 26.0 Å². The zero-order valence-corrected chi connectivity index (χ0v) is 15.6. The standard InChI is InChI=1S/C22H20FN3O2/c1-14(2)15-3-7-19(8-4-15)25-21(27)16-11-17(13-24-12-16)22(28)26-20-9-5-18(23)6-10-20/h3-14H,1-2H3,(H,25,27)(H,26,28). The van der Waals surface area contributed by atoms with Gasteiger partial charge in [-0.15, -0.1) is 0 Å². The molecule has 0 saturated heterocycles. The molecule has 6 heteroatoms. The van der Waals surface area contributed by atoms with Crippen molar-refractivity contribution in [2.24, 2.45) is 0 Å². The second kappa shape index (κ2) is 8.43. The third-order valence-corrected chi connectivity index (χ3v) is 4.20. The van der Waals surface area contributed by atoms with Gasteiger partial charge in [0.15, 0.2) is 0 Å². The zero-order chi connectivity index (χ0) is 20.1. The number of hydrogen-bond acceptors (Lipinski definition) is 3. The molecule has 2 aromatic carbocycles. The van der Waals surface area contributed by atoms with Crippen LogP contribution in [0.4, 0.5) is 15.8 Å². The monoisotopic (exact) mass is 377 g/mol. The largest absolute Gasteiger partial charge is 0.322 e. The lowest BCUT2D eigenvalue weighted by Crippen LogP contribution is -2.16. The van der Waals surface area contributed by atoms with Crippen LogP contribution in [0, 0.1) is 5.82 Å². The molecular formula is C22H20FN3O2. The highest BCUT2D eigenvalue weighted by molar-refractivity contribution is 6.08. The number of carbonyl (C=O) groups excluding carboxylic acids is 2. The van der Waals surface area contributed by atoms with Crippen molar-refractivity contribution < 1.29 is 14.0 Å². The number of carbonyl (C=O) groups is 2. The molecule has 0 bridgehead atoms. The lowest BCUT2D eigenvalue weighted by atomic mass is 10.0. The fourth-order valence-corrected chi connectivity index (χ4v) is 2.58. The zero-order valence-electron chi connectivity index (χ0n) is 15.6. The molecule has 0 radical (unpaired) electrons. The first kappa shape index (κ1) is 19.2. The third-order valence-electron chi connectivity index (χ3n) is 4.20. The number of nitrogens with one attached hydrogen (secondary N) is 2. The molecule has 0 aliphatic carbocycles. The Balaban J connectivity index is 1.70. The molecule has 1 aromatic heterocycles. The van der Waals surface area contributed by atoms with Gasteiger partial charge in [0.05, 0.1) is 11.1 Å². The molecule has 2 amide bonds. The van der Waals surface area contributed by atoms with Gasteiger partial charge >= 0.3 is 0 Å². The van der Waals surface area contributed by atoms with Crippen LogP contribution in [0.25, 0.3) is 0 Å². The van der Waals surface area contributed by atoms with Gasteiger partial charge in [-0.05, 0) is 53.9 Å². The van der Waals surface area contributed by atoms with Crippen LogP contribution in [0.15, 0.2) is 67.0 Å². The molecule has 5 nitrogen and oxygen atoms in total. The molecule has 3 rings (SSSR count). The van der Waals surface area contributed by atoms with E-state index in [0.29, 0.717) is 17.3 Å². The van der Waals surface area contributed by atoms with Crippen molar-refractivity contribution >= 4 is 23.2 Å². The quantitative estimate of drug-likeness (QED) is 0.668. The first-order chi connectivity index (χ1) is 13.4. The van der Waals surface area contributed by atoms with Crippen LogP contribution >= 0.6 is 0 Å². The van der Waals surface area contributed by atoms with Crippen LogP contribution < -0.4 is 10.6 Å². The number of halogens is 1. The van der Waals surface area contributed by atoms with E-state index < -0.39 is 5.91 Å². The van der Waals surface area contributed by atoms with Gasteiger partial charge in [0.1, 0.15) is 5.82 Å². The van der Waals surface area contributed by atoms with Crippen molar-refractivity contribution in [2.45, 2.75) is 19.8 Å². The summed E-state index contributed by atoms with van der Waals surface area (Å²) in [4.78, 5) is 28.8. The van der Waals surface area contributed by atoms with Gasteiger partial charge < -0.3 is 10.6 Å². The average Bonchev–Trinajstić information content (AvgIpc) is 2.70. The first-order valence-electron chi connectivity index (χ1n) is 8.85. The minimum atomic E-state index is -0.435. The van der Waals surface area contributed by atoms with Crippen molar-refractivity contribution in [3.8, 4) is 0 Å². The van der Waals surface area contributed by atoms with E-state index in [2.05, 4.69) is 29.5 Å². The van der Waals surface area contributed by atoms with Crippen LogP contribution in [0.1, 0.15) is 46.0 Å². The minimum Gasteiger partial charge on any atom is -0.322 e. The summed E-state index contributed by atoms with van der Waals surface area (Å²) < 4.78 is 13.0. The summed E-state index contributed by atoms with van der Waals surface area (Å²) >= 11 is 0. The van der Waals surface area contributed by atoms with Gasteiger partial charge in [-0.3, -0.25) is 14.6 Å². The summed E-state index contributed by atoms with van der Waals surface area (Å²) in [6.07, 6.45) is 2.76. The highest BCUT2D eigenvalue weighted by atomic mass is 19.1. The van der Waals surface area contributed by atoms with Crippen molar-refractivity contribution in [2.75, 3.05) is 10.6 Å². The lowest BCUT2D eigenvalue weighted by molar-refractivity contribution is 0.102. The Bertz CT molecular complexity index is 983. The van der Waals surface area contributed by atoms with Crippen molar-refractivity contribution in [1.82, 2.24) is 4.98 Å². The summed E-state index contributed by atoms with van der Waals surface area (Å²) in [5.41, 5.74) is 2.79. The van der Waals surface area contributed by atoms with Gasteiger partial charge in [-0.2, -0.15) is 0 Å². The molecule has 28 heavy (non-hydrogen) atoms. The molecule has 3 aromatic rings. The molecule has 142 valence electrons. The third kappa shape index (κ3) is 4.79. The Morgan fingerprint density at radius 2 is 1.29 bits per heavy atom. The number of benzene rings is 2. The second-order valence-electron chi connectivity index (χ2n) is 6.65. The summed E-state index contributed by atoms with van der Waals surface area (Å²) in [5, 5.41) is 5.43. The number of rotatable bonds is 5. The molecule has 0 fully saturated rings. The Hall–Kier alpha value is -3.54. The van der Waals surface area contributed by atoms with E-state index in [0.717, 1.165) is 0 Å². The number of pyridine rings is 1. The smallest absolute Gasteiger partial charge is 0.257 e. The van der Waals surface area contributed by atoms with Crippen LogP contribution in [0.2, 0.25) is 0 Å². The number of nitrogens with zero attached hydrogens (tertiary/aromatic N) is 1. The molecule has 0 spiro atoms. The summed E-state index contributed by atoms with van der Waals surface area (Å²) in [6, 6.07) is 14.5. The Morgan fingerprint density at radius 3 is 1.75 bits per heavy atom. The molecule has 1 heterocycles. The Labute approximate surface area is 162 Å². The maximum Gasteiger partial charge on any atom is 0.257 e. The molecular weight excluding hydrogens is 357 g/mol. The predicted molar refractivity (Wildman–Crippen MR) is 107 cm³/mol. The highest BCUT2D eigenvalue weighted by Crippen LogP contribution is 2.18. The number of amides is 2. The predicted octanol–water partition coefficient (Wildman–Crippen LogP) is 4.85. The van der Waals surface area contributed by atoms with Gasteiger partial charge in [0.2, 0.25) is 0 Å². The minimum absolute atomic E-state index is 0.229. The van der Waals surface area contributed by atoms with Crippen LogP contribution in [0.3, 0.4) is 0 Å². The van der Waals surface area contributed by atoms with Crippen molar-refractivity contribution in [1.29, 1.82) is 0 Å². The Kier molecular flexibility index (Phi) is 5.79. The maximum atomic E-state index is 13.0. The molecule has 0 atom stereocenters. The summed E-state index contributed by atoms with van der Waals surface area (Å²) in [6.45, 7) is 4.20. The van der Waals surface area contributed by atoms with Crippen LogP contribution in [-0.2, 0) is 0 Å². The summed E-state index contributed by atoms with van der Waals surface area (Å²) in [7, 11) is 0. The molecule has 0 unspecified atom stereocenters. The highest BCUT2D eigenvalue weighted by Gasteiger charge is 2.12. The Morgan fingerprint density at radius 1 is 0.821 bits per heavy atom. The first-order valence-corrected chi connectivity index (χ1v) is 8.85. The fraction of sp³-hybridized carbons (Fsp3) is 0.136. The lowest BCUT2D eigenvalue weighted by Gasteiger charge is -2.09. The normalized spacial score (nSPS) is 10.6. The van der Waals surface area contributed by atoms with E-state index in [1.807, 2.05) is 24.3 Å². The van der Waals surface area contributed by atoms with Crippen LogP contribution in [-0.4, -0.2) is 16.8 Å². The number of aromatic nitrogens is 1. The molecule has 2 N–H and O–H groups in total. The number of hydrogen-bond donors (Lipinski definition) is 2. The van der Waals surface area contributed by atoms with Gasteiger partial charge in [-0.25, -0.2) is 4.39 Å². The van der Waals surface area contributed by atoms with Gasteiger partial charge in [0.25, 0.3) is 11.8 Å². The van der Waals surface area contributed by atoms with Crippen molar-refractivity contribution in [3.63, 3.8) is 0 Å². The van der Waals surface area contributed by atoms with E-state index in [4.69, 9.17) is 0 Å². The van der Waals surface area contributed by atoms with Crippen molar-refractivity contribution in [3.05, 3.63) is 89.5 Å². The SMILES string of the molecule is CC(C)c1ccc(NC(=O)c2cncc(C(=O)Nc3ccc(F)cc3)c2)cc1. The van der Waals surface area contributed by atoms with E-state index >= 15 is 0 Å². The van der Waals surface area contributed by atoms with E-state index in [9.17, 15) is 14.0 Å².